The Labute approximate surface area is 182 Å². The molecule has 5 rings (SSSR count). The lowest BCUT2D eigenvalue weighted by Gasteiger charge is -2.18. The third-order valence-corrected chi connectivity index (χ3v) is 6.54. The molecule has 2 aromatic heterocycles. The molecule has 2 heterocycles. The maximum atomic E-state index is 13.2. The van der Waals surface area contributed by atoms with Crippen LogP contribution in [0.15, 0.2) is 62.9 Å². The Morgan fingerprint density at radius 3 is 2.63 bits per heavy atom. The number of fused-ring (bicyclic) bond motifs is 1. The minimum atomic E-state index is 0.0300. The highest BCUT2D eigenvalue weighted by Gasteiger charge is 2.23. The van der Waals surface area contributed by atoms with Gasteiger partial charge in [-0.2, -0.15) is 0 Å². The Balaban J connectivity index is 1.44. The standard InChI is InChI=1S/C22H19ClN4O2S/c23-15-11-9-14(10-12-15)20-26-25-19(29-20)13-30-22-24-18-8-4-3-7-17(18)21(28)27(22)16-5-1-2-6-16/h3-4,7-12,16H,1-2,5-6,13H2. The van der Waals surface area contributed by atoms with Gasteiger partial charge in [-0.15, -0.1) is 10.2 Å². The van der Waals surface area contributed by atoms with Crippen molar-refractivity contribution in [1.82, 2.24) is 19.7 Å². The number of hydrogen-bond donors (Lipinski definition) is 0. The number of para-hydroxylation sites is 1. The van der Waals surface area contributed by atoms with Crippen LogP contribution in [-0.2, 0) is 5.75 Å². The molecule has 0 radical (unpaired) electrons. The molecule has 1 aliphatic carbocycles. The van der Waals surface area contributed by atoms with Crippen molar-refractivity contribution in [3.63, 3.8) is 0 Å². The Hall–Kier alpha value is -2.64. The van der Waals surface area contributed by atoms with E-state index >= 15 is 0 Å². The normalized spacial score (nSPS) is 14.6. The molecule has 6 nitrogen and oxygen atoms in total. The second-order valence-corrected chi connectivity index (χ2v) is 8.70. The summed E-state index contributed by atoms with van der Waals surface area (Å²) < 4.78 is 7.68. The first-order valence-corrected chi connectivity index (χ1v) is 11.3. The van der Waals surface area contributed by atoms with E-state index in [0.717, 1.165) is 31.2 Å². The molecular weight excluding hydrogens is 420 g/mol. The molecule has 30 heavy (non-hydrogen) atoms. The van der Waals surface area contributed by atoms with Crippen LogP contribution in [0, 0.1) is 0 Å². The van der Waals surface area contributed by atoms with Gasteiger partial charge in [0.15, 0.2) is 5.16 Å². The van der Waals surface area contributed by atoms with Crippen LogP contribution in [0.5, 0.6) is 0 Å². The lowest BCUT2D eigenvalue weighted by Crippen LogP contribution is -2.26. The highest BCUT2D eigenvalue weighted by molar-refractivity contribution is 7.98. The molecule has 0 bridgehead atoms. The molecule has 8 heteroatoms. The van der Waals surface area contributed by atoms with Crippen molar-refractivity contribution >= 4 is 34.3 Å². The summed E-state index contributed by atoms with van der Waals surface area (Å²) in [7, 11) is 0. The summed E-state index contributed by atoms with van der Waals surface area (Å²) in [6.07, 6.45) is 4.30. The number of aromatic nitrogens is 4. The van der Waals surface area contributed by atoms with Gasteiger partial charge in [0, 0.05) is 16.6 Å². The molecule has 1 aliphatic rings. The number of rotatable bonds is 5. The zero-order valence-electron chi connectivity index (χ0n) is 16.1. The van der Waals surface area contributed by atoms with E-state index in [1.54, 1.807) is 12.1 Å². The lowest BCUT2D eigenvalue weighted by molar-refractivity contribution is 0.457. The summed E-state index contributed by atoms with van der Waals surface area (Å²) >= 11 is 7.40. The third-order valence-electron chi connectivity index (χ3n) is 5.35. The van der Waals surface area contributed by atoms with Gasteiger partial charge < -0.3 is 4.42 Å². The van der Waals surface area contributed by atoms with E-state index in [-0.39, 0.29) is 11.6 Å². The summed E-state index contributed by atoms with van der Waals surface area (Å²) in [5, 5.41) is 10.3. The van der Waals surface area contributed by atoms with Crippen molar-refractivity contribution in [2.75, 3.05) is 0 Å². The fraction of sp³-hybridized carbons (Fsp3) is 0.273. The molecule has 0 saturated heterocycles. The number of nitrogens with zero attached hydrogens (tertiary/aromatic N) is 4. The first-order chi connectivity index (χ1) is 14.7. The fourth-order valence-corrected chi connectivity index (χ4v) is 4.89. The van der Waals surface area contributed by atoms with Crippen molar-refractivity contribution in [3.05, 3.63) is 69.8 Å². The number of hydrogen-bond acceptors (Lipinski definition) is 6. The third kappa shape index (κ3) is 3.75. The summed E-state index contributed by atoms with van der Waals surface area (Å²) in [5.41, 5.74) is 1.56. The molecule has 0 atom stereocenters. The summed E-state index contributed by atoms with van der Waals surface area (Å²) in [4.78, 5) is 18.0. The summed E-state index contributed by atoms with van der Waals surface area (Å²) in [6.45, 7) is 0. The Kier molecular flexibility index (Phi) is 5.31. The highest BCUT2D eigenvalue weighted by Crippen LogP contribution is 2.33. The van der Waals surface area contributed by atoms with Crippen LogP contribution in [0.1, 0.15) is 37.6 Å². The maximum absolute atomic E-state index is 13.2. The number of thioether (sulfide) groups is 1. The second-order valence-electron chi connectivity index (χ2n) is 7.32. The molecule has 0 amide bonds. The molecule has 0 spiro atoms. The van der Waals surface area contributed by atoms with Crippen LogP contribution < -0.4 is 5.56 Å². The van der Waals surface area contributed by atoms with E-state index in [9.17, 15) is 4.79 Å². The van der Waals surface area contributed by atoms with Crippen LogP contribution in [-0.4, -0.2) is 19.7 Å². The fourth-order valence-electron chi connectivity index (χ4n) is 3.86. The van der Waals surface area contributed by atoms with E-state index in [4.69, 9.17) is 21.0 Å². The predicted octanol–water partition coefficient (Wildman–Crippen LogP) is 5.51. The molecule has 0 unspecified atom stereocenters. The molecular formula is C22H19ClN4O2S. The van der Waals surface area contributed by atoms with Crippen LogP contribution >= 0.6 is 23.4 Å². The van der Waals surface area contributed by atoms with E-state index in [1.165, 1.54) is 11.8 Å². The summed E-state index contributed by atoms with van der Waals surface area (Å²) in [5.74, 6) is 1.38. The van der Waals surface area contributed by atoms with Crippen molar-refractivity contribution in [2.45, 2.75) is 42.6 Å². The van der Waals surface area contributed by atoms with Crippen molar-refractivity contribution in [2.24, 2.45) is 0 Å². The Morgan fingerprint density at radius 1 is 1.07 bits per heavy atom. The van der Waals surface area contributed by atoms with Gasteiger partial charge in [-0.3, -0.25) is 9.36 Å². The molecule has 152 valence electrons. The molecule has 4 aromatic rings. The van der Waals surface area contributed by atoms with Gasteiger partial charge in [-0.05, 0) is 49.2 Å². The zero-order valence-corrected chi connectivity index (χ0v) is 17.7. The van der Waals surface area contributed by atoms with E-state index in [1.807, 2.05) is 41.0 Å². The Morgan fingerprint density at radius 2 is 1.83 bits per heavy atom. The zero-order chi connectivity index (χ0) is 20.5. The quantitative estimate of drug-likeness (QED) is 0.302. The van der Waals surface area contributed by atoms with Crippen molar-refractivity contribution in [1.29, 1.82) is 0 Å². The van der Waals surface area contributed by atoms with Gasteiger partial charge in [-0.1, -0.05) is 48.3 Å². The molecule has 0 aliphatic heterocycles. The van der Waals surface area contributed by atoms with Gasteiger partial charge in [0.05, 0.1) is 16.7 Å². The molecule has 0 N–H and O–H groups in total. The maximum Gasteiger partial charge on any atom is 0.262 e. The topological polar surface area (TPSA) is 73.8 Å². The first-order valence-electron chi connectivity index (χ1n) is 9.91. The van der Waals surface area contributed by atoms with Crippen LogP contribution in [0.25, 0.3) is 22.4 Å². The minimum absolute atomic E-state index is 0.0300. The van der Waals surface area contributed by atoms with Gasteiger partial charge in [0.25, 0.3) is 5.56 Å². The second kappa shape index (κ2) is 8.24. The average molecular weight is 439 g/mol. The summed E-state index contributed by atoms with van der Waals surface area (Å²) in [6, 6.07) is 15.0. The molecule has 1 fully saturated rings. The molecule has 1 saturated carbocycles. The van der Waals surface area contributed by atoms with Crippen molar-refractivity contribution in [3.8, 4) is 11.5 Å². The lowest BCUT2D eigenvalue weighted by atomic mass is 10.2. The monoisotopic (exact) mass is 438 g/mol. The smallest absolute Gasteiger partial charge is 0.262 e. The number of halogens is 1. The highest BCUT2D eigenvalue weighted by atomic mass is 35.5. The van der Waals surface area contributed by atoms with E-state index in [2.05, 4.69) is 10.2 Å². The Bertz CT molecular complexity index is 1250. The van der Waals surface area contributed by atoms with Gasteiger partial charge in [-0.25, -0.2) is 4.98 Å². The van der Waals surface area contributed by atoms with E-state index in [0.29, 0.717) is 38.6 Å². The predicted molar refractivity (Wildman–Crippen MR) is 118 cm³/mol. The first kappa shape index (κ1) is 19.3. The van der Waals surface area contributed by atoms with Gasteiger partial charge in [0.2, 0.25) is 11.8 Å². The SMILES string of the molecule is O=c1c2ccccc2nc(SCc2nnc(-c3ccc(Cl)cc3)o2)n1C1CCCC1. The average Bonchev–Trinajstić information content (AvgIpc) is 3.45. The van der Waals surface area contributed by atoms with E-state index < -0.39 is 0 Å². The van der Waals surface area contributed by atoms with Crippen LogP contribution in [0.3, 0.4) is 0 Å². The van der Waals surface area contributed by atoms with Crippen molar-refractivity contribution < 1.29 is 4.42 Å². The largest absolute Gasteiger partial charge is 0.420 e. The number of benzene rings is 2. The minimum Gasteiger partial charge on any atom is -0.420 e. The van der Waals surface area contributed by atoms with Crippen LogP contribution in [0.2, 0.25) is 5.02 Å². The van der Waals surface area contributed by atoms with Gasteiger partial charge >= 0.3 is 0 Å². The van der Waals surface area contributed by atoms with Crippen LogP contribution in [0.4, 0.5) is 0 Å². The molecule has 2 aromatic carbocycles. The van der Waals surface area contributed by atoms with Gasteiger partial charge in [0.1, 0.15) is 0 Å².